The molecule has 8 unspecified atom stereocenters. The van der Waals surface area contributed by atoms with Gasteiger partial charge in [0.05, 0.1) is 18.1 Å². The van der Waals surface area contributed by atoms with Crippen molar-refractivity contribution in [2.24, 2.45) is 50.7 Å². The zero-order valence-corrected chi connectivity index (χ0v) is 30.1. The van der Waals surface area contributed by atoms with Crippen molar-refractivity contribution in [3.8, 4) is 0 Å². The Labute approximate surface area is 287 Å². The van der Waals surface area contributed by atoms with E-state index in [0.717, 1.165) is 69.8 Å². The van der Waals surface area contributed by atoms with E-state index in [1.54, 1.807) is 5.57 Å². The van der Waals surface area contributed by atoms with Gasteiger partial charge in [-0.3, -0.25) is 4.79 Å². The highest BCUT2D eigenvalue weighted by atomic mass is 16.7. The maximum absolute atomic E-state index is 14.2. The highest BCUT2D eigenvalue weighted by Gasteiger charge is 2.66. The third kappa shape index (κ3) is 5.44. The standard InChI is InChI=1S/C41H60O7/c1-37(2)20-21-41(36(45)47-23-25-10-8-7-9-11-25)19-14-27-26(28(41)22-37)12-13-31-39(27,5)17-15-30-38(3,4)32(16-18-40(30,31)6)48-35-34(44)33(43)29(42)24-46-35/h7-12,27-35,42-44H,13-24H2,1-6H3/t27?,28?,29?,30?,31?,32-,33?,34?,35?,39-,40-,41+/m0/s1. The highest BCUT2D eigenvalue weighted by molar-refractivity contribution is 5.78. The van der Waals surface area contributed by atoms with Gasteiger partial charge in [-0.2, -0.15) is 0 Å². The zero-order valence-electron chi connectivity index (χ0n) is 30.1. The lowest BCUT2D eigenvalue weighted by Gasteiger charge is -2.68. The summed E-state index contributed by atoms with van der Waals surface area (Å²) < 4.78 is 18.3. The maximum Gasteiger partial charge on any atom is 0.313 e. The van der Waals surface area contributed by atoms with Gasteiger partial charge in [0.1, 0.15) is 24.9 Å². The van der Waals surface area contributed by atoms with Crippen molar-refractivity contribution in [1.29, 1.82) is 0 Å². The summed E-state index contributed by atoms with van der Waals surface area (Å²) in [6.07, 6.45) is 8.13. The Morgan fingerprint density at radius 1 is 0.833 bits per heavy atom. The molecule has 5 fully saturated rings. The smallest absolute Gasteiger partial charge is 0.313 e. The third-order valence-electron chi connectivity index (χ3n) is 15.1. The van der Waals surface area contributed by atoms with Gasteiger partial charge < -0.3 is 29.5 Å². The van der Waals surface area contributed by atoms with Crippen molar-refractivity contribution in [3.63, 3.8) is 0 Å². The van der Waals surface area contributed by atoms with E-state index < -0.39 is 30.0 Å². The van der Waals surface area contributed by atoms with Crippen LogP contribution in [0.5, 0.6) is 0 Å². The summed E-state index contributed by atoms with van der Waals surface area (Å²) in [7, 11) is 0. The molecule has 12 atom stereocenters. The number of benzene rings is 1. The Balaban J connectivity index is 1.13. The van der Waals surface area contributed by atoms with Crippen molar-refractivity contribution < 1.29 is 34.3 Å². The fourth-order valence-corrected chi connectivity index (χ4v) is 12.4. The summed E-state index contributed by atoms with van der Waals surface area (Å²) in [6.45, 7) is 14.9. The predicted molar refractivity (Wildman–Crippen MR) is 183 cm³/mol. The summed E-state index contributed by atoms with van der Waals surface area (Å²) in [5.74, 6) is 1.72. The van der Waals surface area contributed by atoms with Crippen LogP contribution >= 0.6 is 0 Å². The molecule has 1 aliphatic heterocycles. The van der Waals surface area contributed by atoms with E-state index in [0.29, 0.717) is 24.4 Å². The Morgan fingerprint density at radius 2 is 1.56 bits per heavy atom. The van der Waals surface area contributed by atoms with E-state index in [4.69, 9.17) is 14.2 Å². The Hall–Kier alpha value is -1.77. The molecule has 48 heavy (non-hydrogen) atoms. The summed E-state index contributed by atoms with van der Waals surface area (Å²) in [5.41, 5.74) is 2.53. The van der Waals surface area contributed by atoms with Crippen molar-refractivity contribution in [3.05, 3.63) is 47.5 Å². The number of aliphatic hydroxyl groups is 3. The number of ether oxygens (including phenoxy) is 3. The first-order chi connectivity index (χ1) is 22.6. The second-order valence-corrected chi connectivity index (χ2v) is 18.6. The normalized spacial score (nSPS) is 46.2. The topological polar surface area (TPSA) is 105 Å². The molecule has 0 bridgehead atoms. The summed E-state index contributed by atoms with van der Waals surface area (Å²) in [5, 5.41) is 30.9. The lowest BCUT2D eigenvalue weighted by atomic mass is 9.37. The molecule has 5 aliphatic carbocycles. The Morgan fingerprint density at radius 3 is 2.31 bits per heavy atom. The molecule has 1 aromatic carbocycles. The van der Waals surface area contributed by atoms with Crippen LogP contribution in [0.1, 0.15) is 111 Å². The molecule has 3 N–H and O–H groups in total. The average Bonchev–Trinajstić information content (AvgIpc) is 3.04. The van der Waals surface area contributed by atoms with Crippen LogP contribution in [0.2, 0.25) is 0 Å². The van der Waals surface area contributed by atoms with Crippen molar-refractivity contribution in [2.75, 3.05) is 6.61 Å². The molecule has 0 spiro atoms. The predicted octanol–water partition coefficient (Wildman–Crippen LogP) is 6.97. The summed E-state index contributed by atoms with van der Waals surface area (Å²) >= 11 is 0. The van der Waals surface area contributed by atoms with Gasteiger partial charge in [-0.25, -0.2) is 0 Å². The van der Waals surface area contributed by atoms with E-state index in [2.05, 4.69) is 47.6 Å². The molecule has 7 nitrogen and oxygen atoms in total. The number of carbonyl (C=O) groups is 1. The SMILES string of the molecule is CC1(C)CC[C@]2(C(=O)OCc3ccccc3)CCC3C(=CCC4[C@@]3(C)CCC3C(C)(C)[C@@H](OC5OCC(O)C(O)C5O)CC[C@@]34C)C2C1. The second-order valence-electron chi connectivity index (χ2n) is 18.6. The molecule has 4 saturated carbocycles. The van der Waals surface area contributed by atoms with Gasteiger partial charge in [-0.15, -0.1) is 0 Å². The largest absolute Gasteiger partial charge is 0.460 e. The fourth-order valence-electron chi connectivity index (χ4n) is 12.4. The second kappa shape index (κ2) is 12.2. The summed E-state index contributed by atoms with van der Waals surface area (Å²) in [4.78, 5) is 14.2. The molecule has 0 amide bonds. The number of hydrogen-bond acceptors (Lipinski definition) is 7. The number of rotatable bonds is 5. The first kappa shape index (κ1) is 34.7. The zero-order chi connectivity index (χ0) is 34.3. The first-order valence-corrected chi connectivity index (χ1v) is 18.8. The van der Waals surface area contributed by atoms with Crippen LogP contribution in [0, 0.1) is 50.7 Å². The van der Waals surface area contributed by atoms with Crippen molar-refractivity contribution in [1.82, 2.24) is 0 Å². The number of hydrogen-bond donors (Lipinski definition) is 3. The number of esters is 1. The molecule has 266 valence electrons. The van der Waals surface area contributed by atoms with Gasteiger partial charge >= 0.3 is 5.97 Å². The van der Waals surface area contributed by atoms with Crippen LogP contribution in [0.4, 0.5) is 0 Å². The minimum absolute atomic E-state index is 0.0170. The number of carbonyl (C=O) groups excluding carboxylic acids is 1. The van der Waals surface area contributed by atoms with Crippen LogP contribution in [0.3, 0.4) is 0 Å². The van der Waals surface area contributed by atoms with Crippen molar-refractivity contribution in [2.45, 2.75) is 143 Å². The quantitative estimate of drug-likeness (QED) is 0.178. The van der Waals surface area contributed by atoms with Crippen LogP contribution in [0.25, 0.3) is 0 Å². The molecule has 1 aromatic rings. The minimum Gasteiger partial charge on any atom is -0.460 e. The van der Waals surface area contributed by atoms with Gasteiger partial charge in [0.2, 0.25) is 0 Å². The molecule has 7 rings (SSSR count). The lowest BCUT2D eigenvalue weighted by Crippen LogP contribution is -2.63. The van der Waals surface area contributed by atoms with Gasteiger partial charge in [-0.1, -0.05) is 83.5 Å². The van der Waals surface area contributed by atoms with Gasteiger partial charge in [0, 0.05) is 0 Å². The molecular formula is C41H60O7. The van der Waals surface area contributed by atoms with E-state index in [9.17, 15) is 20.1 Å². The van der Waals surface area contributed by atoms with E-state index >= 15 is 0 Å². The van der Waals surface area contributed by atoms with Crippen LogP contribution < -0.4 is 0 Å². The Kier molecular flexibility index (Phi) is 8.80. The highest BCUT2D eigenvalue weighted by Crippen LogP contribution is 2.72. The van der Waals surface area contributed by atoms with Crippen LogP contribution in [-0.2, 0) is 25.6 Å². The van der Waals surface area contributed by atoms with Crippen LogP contribution in [-0.4, -0.2) is 58.6 Å². The Bertz CT molecular complexity index is 1390. The van der Waals surface area contributed by atoms with Gasteiger partial charge in [0.15, 0.2) is 6.29 Å². The minimum atomic E-state index is -1.27. The number of aliphatic hydroxyl groups excluding tert-OH is 3. The molecule has 1 saturated heterocycles. The number of fused-ring (bicyclic) bond motifs is 7. The van der Waals surface area contributed by atoms with E-state index in [1.807, 2.05) is 30.3 Å². The van der Waals surface area contributed by atoms with E-state index in [-0.39, 0.29) is 46.3 Å². The van der Waals surface area contributed by atoms with Gasteiger partial charge in [-0.05, 0) is 115 Å². The third-order valence-corrected chi connectivity index (χ3v) is 15.1. The molecule has 6 aliphatic rings. The summed E-state index contributed by atoms with van der Waals surface area (Å²) in [6, 6.07) is 10.1. The van der Waals surface area contributed by atoms with E-state index in [1.165, 1.54) is 0 Å². The fraction of sp³-hybridized carbons (Fsp3) is 0.780. The molecule has 1 heterocycles. The van der Waals surface area contributed by atoms with Crippen molar-refractivity contribution >= 4 is 5.97 Å². The number of allylic oxidation sites excluding steroid dienone is 2. The first-order valence-electron chi connectivity index (χ1n) is 18.8. The monoisotopic (exact) mass is 664 g/mol. The lowest BCUT2D eigenvalue weighted by molar-refractivity contribution is -0.307. The molecular weight excluding hydrogens is 604 g/mol. The molecule has 0 radical (unpaired) electrons. The van der Waals surface area contributed by atoms with Crippen LogP contribution in [0.15, 0.2) is 42.0 Å². The average molecular weight is 665 g/mol. The molecule has 0 aromatic heterocycles. The molecule has 7 heteroatoms. The maximum atomic E-state index is 14.2. The van der Waals surface area contributed by atoms with Gasteiger partial charge in [0.25, 0.3) is 0 Å².